The highest BCUT2D eigenvalue weighted by molar-refractivity contribution is 6.31. The third-order valence-electron chi connectivity index (χ3n) is 2.98. The molecule has 1 N–H and O–H groups in total. The second-order valence-corrected chi connectivity index (χ2v) is 4.82. The average Bonchev–Trinajstić information content (AvgIpc) is 2.96. The van der Waals surface area contributed by atoms with Crippen LogP contribution >= 0.6 is 11.6 Å². The number of ether oxygens (including phenoxy) is 2. The van der Waals surface area contributed by atoms with E-state index >= 15 is 0 Å². The first-order chi connectivity index (χ1) is 10.0. The van der Waals surface area contributed by atoms with Crippen LogP contribution in [0, 0.1) is 6.92 Å². The molecule has 0 aliphatic rings. The second kappa shape index (κ2) is 6.54. The predicted molar refractivity (Wildman–Crippen MR) is 80.1 cm³/mol. The summed E-state index contributed by atoms with van der Waals surface area (Å²) in [5, 5.41) is 3.83. The number of nitrogens with one attached hydrogen (secondary N) is 1. The lowest BCUT2D eigenvalue weighted by Gasteiger charge is -2.12. The van der Waals surface area contributed by atoms with E-state index in [4.69, 9.17) is 20.8 Å². The first-order valence-corrected chi connectivity index (χ1v) is 6.68. The van der Waals surface area contributed by atoms with Crippen LogP contribution in [0.25, 0.3) is 0 Å². The molecule has 21 heavy (non-hydrogen) atoms. The van der Waals surface area contributed by atoms with E-state index in [-0.39, 0.29) is 5.76 Å². The molecule has 0 fully saturated rings. The number of carbonyl (C=O) groups excluding carboxylic acids is 1. The van der Waals surface area contributed by atoms with Gasteiger partial charge in [0, 0.05) is 11.1 Å². The molecule has 5 nitrogen and oxygen atoms in total. The van der Waals surface area contributed by atoms with Crippen LogP contribution in [0.2, 0.25) is 5.02 Å². The van der Waals surface area contributed by atoms with Crippen LogP contribution in [0.4, 0.5) is 5.69 Å². The Hall–Kier alpha value is -2.14. The molecule has 1 aromatic heterocycles. The molecule has 1 heterocycles. The Kier molecular flexibility index (Phi) is 4.75. The monoisotopic (exact) mass is 309 g/mol. The molecule has 0 aliphatic carbocycles. The molecule has 0 unspecified atom stereocenters. The number of aryl methyl sites for hydroxylation is 1. The Bertz CT molecular complexity index is 651. The van der Waals surface area contributed by atoms with Gasteiger partial charge in [-0.3, -0.25) is 0 Å². The third kappa shape index (κ3) is 3.49. The summed E-state index contributed by atoms with van der Waals surface area (Å²) < 4.78 is 15.3. The van der Waals surface area contributed by atoms with Crippen molar-refractivity contribution in [2.45, 2.75) is 13.5 Å². The van der Waals surface area contributed by atoms with Crippen molar-refractivity contribution < 1.29 is 18.7 Å². The van der Waals surface area contributed by atoms with Gasteiger partial charge in [-0.15, -0.1) is 0 Å². The molecule has 0 spiro atoms. The Morgan fingerprint density at radius 1 is 1.33 bits per heavy atom. The number of carbonyl (C=O) groups is 1. The number of methoxy groups -OCH3 is 2. The zero-order chi connectivity index (χ0) is 15.4. The van der Waals surface area contributed by atoms with E-state index in [0.29, 0.717) is 23.1 Å². The summed E-state index contributed by atoms with van der Waals surface area (Å²) in [5.74, 6) is 0.935. The summed E-state index contributed by atoms with van der Waals surface area (Å²) in [4.78, 5) is 11.3. The van der Waals surface area contributed by atoms with Crippen molar-refractivity contribution in [2.24, 2.45) is 0 Å². The van der Waals surface area contributed by atoms with E-state index in [2.05, 4.69) is 10.1 Å². The summed E-state index contributed by atoms with van der Waals surface area (Å²) in [6, 6.07) is 6.94. The fourth-order valence-corrected chi connectivity index (χ4v) is 1.99. The Labute approximate surface area is 127 Å². The largest absolute Gasteiger partial charge is 0.495 e. The van der Waals surface area contributed by atoms with Crippen molar-refractivity contribution in [3.63, 3.8) is 0 Å². The van der Waals surface area contributed by atoms with Crippen molar-refractivity contribution in [2.75, 3.05) is 19.5 Å². The van der Waals surface area contributed by atoms with Gasteiger partial charge in [0.15, 0.2) is 0 Å². The maximum atomic E-state index is 11.3. The molecular weight excluding hydrogens is 294 g/mol. The minimum atomic E-state index is -0.499. The Balaban J connectivity index is 2.11. The standard InChI is InChI=1S/C15H16ClNO4/c1-9-6-12(14(19-2)7-11(9)16)17-8-10-4-5-13(21-10)15(18)20-3/h4-7,17H,8H2,1-3H3. The van der Waals surface area contributed by atoms with E-state index < -0.39 is 5.97 Å². The van der Waals surface area contributed by atoms with Crippen molar-refractivity contribution in [1.82, 2.24) is 0 Å². The SMILES string of the molecule is COC(=O)c1ccc(CNc2cc(C)c(Cl)cc2OC)o1. The average molecular weight is 310 g/mol. The fourth-order valence-electron chi connectivity index (χ4n) is 1.84. The highest BCUT2D eigenvalue weighted by Crippen LogP contribution is 2.31. The van der Waals surface area contributed by atoms with Crippen LogP contribution in [0.3, 0.4) is 0 Å². The van der Waals surface area contributed by atoms with Crippen LogP contribution in [0.1, 0.15) is 21.9 Å². The molecule has 1 aromatic carbocycles. The van der Waals surface area contributed by atoms with Gasteiger partial charge >= 0.3 is 5.97 Å². The van der Waals surface area contributed by atoms with E-state index in [9.17, 15) is 4.79 Å². The van der Waals surface area contributed by atoms with Crippen LogP contribution in [-0.4, -0.2) is 20.2 Å². The number of halogens is 1. The molecular formula is C15H16ClNO4. The van der Waals surface area contributed by atoms with Crippen LogP contribution in [0.15, 0.2) is 28.7 Å². The summed E-state index contributed by atoms with van der Waals surface area (Å²) in [7, 11) is 2.89. The molecule has 0 radical (unpaired) electrons. The molecule has 6 heteroatoms. The number of benzene rings is 1. The van der Waals surface area contributed by atoms with E-state index in [0.717, 1.165) is 11.3 Å². The molecule has 2 rings (SSSR count). The minimum absolute atomic E-state index is 0.175. The molecule has 0 bridgehead atoms. The molecule has 0 aliphatic heterocycles. The van der Waals surface area contributed by atoms with Gasteiger partial charge in [0.1, 0.15) is 11.5 Å². The van der Waals surface area contributed by atoms with Crippen molar-refractivity contribution in [1.29, 1.82) is 0 Å². The van der Waals surface area contributed by atoms with E-state index in [1.165, 1.54) is 7.11 Å². The smallest absolute Gasteiger partial charge is 0.373 e. The normalized spacial score (nSPS) is 10.3. The molecule has 2 aromatic rings. The summed E-state index contributed by atoms with van der Waals surface area (Å²) in [6.45, 7) is 2.32. The third-order valence-corrected chi connectivity index (χ3v) is 3.39. The maximum absolute atomic E-state index is 11.3. The van der Waals surface area contributed by atoms with Crippen molar-refractivity contribution >= 4 is 23.3 Å². The Morgan fingerprint density at radius 3 is 2.76 bits per heavy atom. The lowest BCUT2D eigenvalue weighted by molar-refractivity contribution is 0.0563. The fraction of sp³-hybridized carbons (Fsp3) is 0.267. The number of hydrogen-bond acceptors (Lipinski definition) is 5. The predicted octanol–water partition coefficient (Wildman–Crippen LogP) is 3.65. The molecule has 0 saturated carbocycles. The van der Waals surface area contributed by atoms with E-state index in [1.54, 1.807) is 25.3 Å². The second-order valence-electron chi connectivity index (χ2n) is 4.41. The molecule has 0 atom stereocenters. The Morgan fingerprint density at radius 2 is 2.10 bits per heavy atom. The van der Waals surface area contributed by atoms with Crippen LogP contribution < -0.4 is 10.1 Å². The zero-order valence-electron chi connectivity index (χ0n) is 12.0. The van der Waals surface area contributed by atoms with Gasteiger partial charge in [0.05, 0.1) is 26.5 Å². The quantitative estimate of drug-likeness (QED) is 0.854. The van der Waals surface area contributed by atoms with Gasteiger partial charge in [-0.05, 0) is 30.7 Å². The summed E-state index contributed by atoms with van der Waals surface area (Å²) in [6.07, 6.45) is 0. The summed E-state index contributed by atoms with van der Waals surface area (Å²) >= 11 is 6.06. The molecule has 0 amide bonds. The minimum Gasteiger partial charge on any atom is -0.495 e. The number of furan rings is 1. The first-order valence-electron chi connectivity index (χ1n) is 6.30. The van der Waals surface area contributed by atoms with Gasteiger partial charge in [-0.25, -0.2) is 4.79 Å². The lowest BCUT2D eigenvalue weighted by atomic mass is 10.2. The van der Waals surface area contributed by atoms with Gasteiger partial charge in [0.25, 0.3) is 0 Å². The molecule has 0 saturated heterocycles. The highest BCUT2D eigenvalue weighted by atomic mass is 35.5. The maximum Gasteiger partial charge on any atom is 0.373 e. The number of anilines is 1. The van der Waals surface area contributed by atoms with Gasteiger partial charge in [-0.2, -0.15) is 0 Å². The summed E-state index contributed by atoms with van der Waals surface area (Å²) in [5.41, 5.74) is 1.74. The first kappa shape index (κ1) is 15.3. The van der Waals surface area contributed by atoms with Crippen LogP contribution in [-0.2, 0) is 11.3 Å². The van der Waals surface area contributed by atoms with Crippen molar-refractivity contribution in [3.05, 3.63) is 46.4 Å². The van der Waals surface area contributed by atoms with Gasteiger partial charge < -0.3 is 19.2 Å². The number of rotatable bonds is 5. The lowest BCUT2D eigenvalue weighted by Crippen LogP contribution is -2.02. The van der Waals surface area contributed by atoms with E-state index in [1.807, 2.05) is 13.0 Å². The van der Waals surface area contributed by atoms with Crippen molar-refractivity contribution in [3.8, 4) is 5.75 Å². The molecule has 112 valence electrons. The van der Waals surface area contributed by atoms with Crippen LogP contribution in [0.5, 0.6) is 5.75 Å². The van der Waals surface area contributed by atoms with Gasteiger partial charge in [0.2, 0.25) is 5.76 Å². The zero-order valence-corrected chi connectivity index (χ0v) is 12.8. The highest BCUT2D eigenvalue weighted by Gasteiger charge is 2.12. The topological polar surface area (TPSA) is 60.7 Å². The van der Waals surface area contributed by atoms with Gasteiger partial charge in [-0.1, -0.05) is 11.6 Å². The number of hydrogen-bond donors (Lipinski definition) is 1. The number of esters is 1.